The van der Waals surface area contributed by atoms with Crippen molar-refractivity contribution in [3.63, 3.8) is 0 Å². The second-order valence-electron chi connectivity index (χ2n) is 5.07. The molecule has 1 fully saturated rings. The van der Waals surface area contributed by atoms with Crippen LogP contribution >= 0.6 is 0 Å². The van der Waals surface area contributed by atoms with Gasteiger partial charge in [-0.25, -0.2) is 4.39 Å². The third kappa shape index (κ3) is 3.00. The summed E-state index contributed by atoms with van der Waals surface area (Å²) < 4.78 is 13.5. The van der Waals surface area contributed by atoms with Gasteiger partial charge in [0.15, 0.2) is 0 Å². The van der Waals surface area contributed by atoms with Crippen LogP contribution in [0.1, 0.15) is 11.1 Å². The van der Waals surface area contributed by atoms with Crippen molar-refractivity contribution in [2.24, 2.45) is 0 Å². The Morgan fingerprint density at radius 3 is 2.50 bits per heavy atom. The molecule has 1 heterocycles. The maximum Gasteiger partial charge on any atom is 0.125 e. The van der Waals surface area contributed by atoms with Crippen LogP contribution in [0.4, 0.5) is 10.1 Å². The molecule has 100 valence electrons. The monoisotopic (exact) mass is 251 g/mol. The highest BCUT2D eigenvalue weighted by molar-refractivity contribution is 5.54. The molecule has 0 bridgehead atoms. The number of piperazine rings is 1. The highest BCUT2D eigenvalue weighted by atomic mass is 19.1. The molecule has 1 saturated heterocycles. The van der Waals surface area contributed by atoms with E-state index in [1.165, 1.54) is 0 Å². The van der Waals surface area contributed by atoms with Crippen LogP contribution in [0.5, 0.6) is 0 Å². The fraction of sp³-hybridized carbons (Fsp3) is 0.571. The molecule has 2 rings (SSSR count). The molecule has 0 aliphatic carbocycles. The van der Waals surface area contributed by atoms with Crippen molar-refractivity contribution in [3.8, 4) is 0 Å². The molecular weight excluding hydrogens is 229 g/mol. The van der Waals surface area contributed by atoms with E-state index in [9.17, 15) is 4.39 Å². The molecule has 0 saturated carbocycles. The molecule has 0 radical (unpaired) electrons. The van der Waals surface area contributed by atoms with E-state index in [0.29, 0.717) is 0 Å². The zero-order valence-corrected chi connectivity index (χ0v) is 11.5. The summed E-state index contributed by atoms with van der Waals surface area (Å²) in [6.45, 7) is 7.19. The summed E-state index contributed by atoms with van der Waals surface area (Å²) in [6.07, 6.45) is 0. The quantitative estimate of drug-likeness (QED) is 0.885. The summed E-state index contributed by atoms with van der Waals surface area (Å²) in [5, 5.41) is 3.05. The second kappa shape index (κ2) is 5.67. The molecule has 1 N–H and O–H groups in total. The Kier molecular flexibility index (Phi) is 4.19. The molecular formula is C14H22FN3. The second-order valence-corrected chi connectivity index (χ2v) is 5.07. The van der Waals surface area contributed by atoms with Gasteiger partial charge in [-0.2, -0.15) is 0 Å². The smallest absolute Gasteiger partial charge is 0.125 e. The molecule has 0 amide bonds. The first-order valence-corrected chi connectivity index (χ1v) is 6.48. The van der Waals surface area contributed by atoms with Gasteiger partial charge >= 0.3 is 0 Å². The van der Waals surface area contributed by atoms with Crippen LogP contribution in [0.2, 0.25) is 0 Å². The van der Waals surface area contributed by atoms with Gasteiger partial charge in [0.25, 0.3) is 0 Å². The molecule has 1 aliphatic rings. The van der Waals surface area contributed by atoms with Crippen molar-refractivity contribution in [3.05, 3.63) is 29.1 Å². The first-order valence-electron chi connectivity index (χ1n) is 6.48. The minimum absolute atomic E-state index is 0.158. The Labute approximate surface area is 109 Å². The lowest BCUT2D eigenvalue weighted by atomic mass is 10.1. The topological polar surface area (TPSA) is 18.5 Å². The van der Waals surface area contributed by atoms with Crippen molar-refractivity contribution in [1.82, 2.24) is 9.80 Å². The van der Waals surface area contributed by atoms with Crippen LogP contribution < -0.4 is 5.32 Å². The predicted octanol–water partition coefficient (Wildman–Crippen LogP) is 1.92. The van der Waals surface area contributed by atoms with E-state index >= 15 is 0 Å². The zero-order valence-electron chi connectivity index (χ0n) is 11.5. The first-order chi connectivity index (χ1) is 8.60. The maximum absolute atomic E-state index is 13.5. The van der Waals surface area contributed by atoms with E-state index in [0.717, 1.165) is 49.5 Å². The summed E-state index contributed by atoms with van der Waals surface area (Å²) in [5.41, 5.74) is 3.13. The summed E-state index contributed by atoms with van der Waals surface area (Å²) in [5.74, 6) is -0.158. The average molecular weight is 251 g/mol. The minimum Gasteiger partial charge on any atom is -0.388 e. The number of hydrogen-bond acceptors (Lipinski definition) is 3. The van der Waals surface area contributed by atoms with Crippen LogP contribution in [0.15, 0.2) is 12.1 Å². The van der Waals surface area contributed by atoms with Crippen LogP contribution in [-0.4, -0.2) is 50.1 Å². The lowest BCUT2D eigenvalue weighted by molar-refractivity contribution is 0.148. The fourth-order valence-electron chi connectivity index (χ4n) is 2.41. The summed E-state index contributed by atoms with van der Waals surface area (Å²) in [7, 11) is 3.98. The van der Waals surface area contributed by atoms with Crippen molar-refractivity contribution in [1.29, 1.82) is 0 Å². The number of halogens is 1. The number of anilines is 1. The van der Waals surface area contributed by atoms with Gasteiger partial charge in [-0.1, -0.05) is 0 Å². The lowest BCUT2D eigenvalue weighted by Gasteiger charge is -2.32. The van der Waals surface area contributed by atoms with Gasteiger partial charge in [0, 0.05) is 45.5 Å². The van der Waals surface area contributed by atoms with Gasteiger partial charge in [-0.15, -0.1) is 0 Å². The summed E-state index contributed by atoms with van der Waals surface area (Å²) in [4.78, 5) is 4.72. The highest BCUT2D eigenvalue weighted by Gasteiger charge is 2.16. The van der Waals surface area contributed by atoms with Crippen molar-refractivity contribution >= 4 is 5.69 Å². The van der Waals surface area contributed by atoms with Gasteiger partial charge in [0.1, 0.15) is 5.82 Å². The first kappa shape index (κ1) is 13.3. The molecule has 3 nitrogen and oxygen atoms in total. The maximum atomic E-state index is 13.5. The predicted molar refractivity (Wildman–Crippen MR) is 73.5 cm³/mol. The van der Waals surface area contributed by atoms with E-state index in [1.807, 2.05) is 7.05 Å². The fourth-order valence-corrected chi connectivity index (χ4v) is 2.41. The molecule has 18 heavy (non-hydrogen) atoms. The van der Waals surface area contributed by atoms with E-state index < -0.39 is 0 Å². The molecule has 1 aromatic rings. The molecule has 1 aromatic carbocycles. The van der Waals surface area contributed by atoms with Gasteiger partial charge in [0.05, 0.1) is 0 Å². The van der Waals surface area contributed by atoms with E-state index in [2.05, 4.69) is 29.1 Å². The van der Waals surface area contributed by atoms with Crippen LogP contribution in [0.3, 0.4) is 0 Å². The van der Waals surface area contributed by atoms with Crippen molar-refractivity contribution < 1.29 is 4.39 Å². The van der Waals surface area contributed by atoms with Gasteiger partial charge < -0.3 is 10.2 Å². The number of rotatable bonds is 3. The molecule has 0 unspecified atom stereocenters. The number of nitrogens with one attached hydrogen (secondary N) is 1. The number of likely N-dealkylation sites (N-methyl/N-ethyl adjacent to an activating group) is 1. The van der Waals surface area contributed by atoms with Crippen LogP contribution in [0, 0.1) is 12.7 Å². The largest absolute Gasteiger partial charge is 0.388 e. The summed E-state index contributed by atoms with van der Waals surface area (Å²) >= 11 is 0. The lowest BCUT2D eigenvalue weighted by Crippen LogP contribution is -2.44. The molecule has 0 atom stereocenters. The molecule has 1 aliphatic heterocycles. The van der Waals surface area contributed by atoms with Gasteiger partial charge in [-0.3, -0.25) is 4.90 Å². The highest BCUT2D eigenvalue weighted by Crippen LogP contribution is 2.22. The number of nitrogens with zero attached hydrogens (tertiary/aromatic N) is 2. The molecule has 0 spiro atoms. The van der Waals surface area contributed by atoms with Crippen LogP contribution in [-0.2, 0) is 6.54 Å². The number of hydrogen-bond donors (Lipinski definition) is 1. The number of benzene rings is 1. The van der Waals surface area contributed by atoms with Crippen molar-refractivity contribution in [2.45, 2.75) is 13.5 Å². The minimum atomic E-state index is -0.158. The van der Waals surface area contributed by atoms with Gasteiger partial charge in [0.2, 0.25) is 0 Å². The SMILES string of the molecule is CNc1cc(F)cc(CN2CCN(C)CC2)c1C. The average Bonchev–Trinajstić information content (AvgIpc) is 2.36. The van der Waals surface area contributed by atoms with Crippen LogP contribution in [0.25, 0.3) is 0 Å². The Balaban J connectivity index is 2.11. The Bertz CT molecular complexity index is 412. The van der Waals surface area contributed by atoms with E-state index in [1.54, 1.807) is 12.1 Å². The van der Waals surface area contributed by atoms with E-state index in [-0.39, 0.29) is 5.82 Å². The van der Waals surface area contributed by atoms with E-state index in [4.69, 9.17) is 0 Å². The standard InChI is InChI=1S/C14H22FN3/c1-11-12(8-13(15)9-14(11)16-2)10-18-6-4-17(3)5-7-18/h8-9,16H,4-7,10H2,1-3H3. The summed E-state index contributed by atoms with van der Waals surface area (Å²) in [6, 6.07) is 3.22. The zero-order chi connectivity index (χ0) is 13.1. The van der Waals surface area contributed by atoms with Gasteiger partial charge in [-0.05, 0) is 37.2 Å². The molecule has 4 heteroatoms. The normalized spacial score (nSPS) is 18.0. The third-order valence-electron chi connectivity index (χ3n) is 3.74. The Morgan fingerprint density at radius 1 is 1.22 bits per heavy atom. The Hall–Kier alpha value is -1.13. The third-order valence-corrected chi connectivity index (χ3v) is 3.74. The molecule has 0 aromatic heterocycles. The Morgan fingerprint density at radius 2 is 1.89 bits per heavy atom. The van der Waals surface area contributed by atoms with Crippen molar-refractivity contribution in [2.75, 3.05) is 45.6 Å².